The first-order valence-corrected chi connectivity index (χ1v) is 7.81. The maximum atomic E-state index is 12.6. The Morgan fingerprint density at radius 1 is 1.24 bits per heavy atom. The van der Waals surface area contributed by atoms with Gasteiger partial charge in [0, 0.05) is 18.2 Å². The third-order valence-corrected chi connectivity index (χ3v) is 4.83. The van der Waals surface area contributed by atoms with Gasteiger partial charge >= 0.3 is 0 Å². The van der Waals surface area contributed by atoms with Crippen molar-refractivity contribution in [2.45, 2.75) is 45.1 Å². The highest BCUT2D eigenvalue weighted by atomic mass is 16.2. The average Bonchev–Trinajstić information content (AvgIpc) is 2.48. The number of hydrogen-bond donors (Lipinski definition) is 2. The number of piperidine rings is 1. The molecular formula is C17H22N2O2. The van der Waals surface area contributed by atoms with E-state index >= 15 is 0 Å². The predicted octanol–water partition coefficient (Wildman–Crippen LogP) is 2.63. The van der Waals surface area contributed by atoms with Gasteiger partial charge in [0.25, 0.3) is 0 Å². The number of carbonyl (C=O) groups is 2. The Bertz CT molecular complexity index is 555. The predicted molar refractivity (Wildman–Crippen MR) is 81.8 cm³/mol. The first kappa shape index (κ1) is 14.1. The fourth-order valence-corrected chi connectivity index (χ4v) is 3.66. The van der Waals surface area contributed by atoms with Crippen LogP contribution in [-0.2, 0) is 9.59 Å². The van der Waals surface area contributed by atoms with E-state index in [4.69, 9.17) is 0 Å². The molecule has 1 heterocycles. The van der Waals surface area contributed by atoms with Crippen molar-refractivity contribution >= 4 is 17.5 Å². The number of hydrogen-bond acceptors (Lipinski definition) is 2. The fraction of sp³-hybridized carbons (Fsp3) is 0.529. The lowest BCUT2D eigenvalue weighted by molar-refractivity contribution is -0.134. The summed E-state index contributed by atoms with van der Waals surface area (Å²) >= 11 is 0. The maximum Gasteiger partial charge on any atom is 0.228 e. The van der Waals surface area contributed by atoms with Gasteiger partial charge in [-0.15, -0.1) is 0 Å². The second-order valence-electron chi connectivity index (χ2n) is 6.24. The van der Waals surface area contributed by atoms with Crippen LogP contribution in [0, 0.1) is 18.8 Å². The van der Waals surface area contributed by atoms with Crippen molar-refractivity contribution in [3.05, 3.63) is 29.8 Å². The highest BCUT2D eigenvalue weighted by Gasteiger charge is 2.41. The first-order chi connectivity index (χ1) is 10.1. The Hall–Kier alpha value is -1.84. The Morgan fingerprint density at radius 2 is 2.00 bits per heavy atom. The number of rotatable bonds is 2. The first-order valence-electron chi connectivity index (χ1n) is 7.81. The molecule has 1 aromatic carbocycles. The van der Waals surface area contributed by atoms with Gasteiger partial charge in [-0.05, 0) is 37.3 Å². The van der Waals surface area contributed by atoms with E-state index in [1.807, 2.05) is 31.2 Å². The number of aryl methyl sites for hydroxylation is 1. The Labute approximate surface area is 125 Å². The molecule has 3 atom stereocenters. The van der Waals surface area contributed by atoms with Crippen LogP contribution < -0.4 is 10.6 Å². The summed E-state index contributed by atoms with van der Waals surface area (Å²) in [5, 5.41) is 6.07. The molecule has 2 fully saturated rings. The lowest BCUT2D eigenvalue weighted by atomic mass is 9.72. The summed E-state index contributed by atoms with van der Waals surface area (Å²) < 4.78 is 0. The molecule has 21 heavy (non-hydrogen) atoms. The SMILES string of the molecule is Cc1ccccc1NC(=O)C1CC(=O)NC2CCCCC21. The van der Waals surface area contributed by atoms with Crippen LogP contribution in [-0.4, -0.2) is 17.9 Å². The summed E-state index contributed by atoms with van der Waals surface area (Å²) in [7, 11) is 0. The molecule has 2 N–H and O–H groups in total. The smallest absolute Gasteiger partial charge is 0.228 e. The van der Waals surface area contributed by atoms with Gasteiger partial charge in [0.05, 0.1) is 5.92 Å². The average molecular weight is 286 g/mol. The van der Waals surface area contributed by atoms with Crippen molar-refractivity contribution in [1.82, 2.24) is 5.32 Å². The van der Waals surface area contributed by atoms with Crippen molar-refractivity contribution in [2.24, 2.45) is 11.8 Å². The molecule has 3 rings (SSSR count). The Morgan fingerprint density at radius 3 is 2.81 bits per heavy atom. The normalized spacial score (nSPS) is 28.4. The fourth-order valence-electron chi connectivity index (χ4n) is 3.66. The molecule has 0 spiro atoms. The molecule has 2 aliphatic rings. The van der Waals surface area contributed by atoms with Crippen LogP contribution in [0.4, 0.5) is 5.69 Å². The standard InChI is InChI=1S/C17H22N2O2/c1-11-6-2-4-8-14(11)19-17(21)13-10-16(20)18-15-9-5-3-7-12(13)15/h2,4,6,8,12-13,15H,3,5,7,9-10H2,1H3,(H,18,20)(H,19,21). The van der Waals surface area contributed by atoms with Crippen LogP contribution in [0.1, 0.15) is 37.7 Å². The van der Waals surface area contributed by atoms with Crippen molar-refractivity contribution in [1.29, 1.82) is 0 Å². The van der Waals surface area contributed by atoms with Crippen LogP contribution in [0.5, 0.6) is 0 Å². The third kappa shape index (κ3) is 2.94. The molecule has 1 aromatic rings. The highest BCUT2D eigenvalue weighted by Crippen LogP contribution is 2.36. The van der Waals surface area contributed by atoms with Crippen molar-refractivity contribution in [3.63, 3.8) is 0 Å². The molecule has 0 radical (unpaired) electrons. The van der Waals surface area contributed by atoms with E-state index in [1.165, 1.54) is 0 Å². The summed E-state index contributed by atoms with van der Waals surface area (Å²) in [6, 6.07) is 7.95. The zero-order valence-electron chi connectivity index (χ0n) is 12.4. The summed E-state index contributed by atoms with van der Waals surface area (Å²) in [5.41, 5.74) is 1.90. The Kier molecular flexibility index (Phi) is 3.95. The molecule has 112 valence electrons. The summed E-state index contributed by atoms with van der Waals surface area (Å²) in [6.07, 6.45) is 4.67. The van der Waals surface area contributed by atoms with Crippen LogP contribution in [0.15, 0.2) is 24.3 Å². The quantitative estimate of drug-likeness (QED) is 0.878. The van der Waals surface area contributed by atoms with Crippen LogP contribution in [0.25, 0.3) is 0 Å². The molecule has 1 aliphatic heterocycles. The molecule has 4 nitrogen and oxygen atoms in total. The minimum absolute atomic E-state index is 0.00366. The number of fused-ring (bicyclic) bond motifs is 1. The topological polar surface area (TPSA) is 58.2 Å². The molecule has 1 aliphatic carbocycles. The van der Waals surface area contributed by atoms with E-state index in [-0.39, 0.29) is 23.8 Å². The van der Waals surface area contributed by atoms with Crippen molar-refractivity contribution in [2.75, 3.05) is 5.32 Å². The summed E-state index contributed by atoms with van der Waals surface area (Å²) in [4.78, 5) is 24.5. The van der Waals surface area contributed by atoms with E-state index < -0.39 is 0 Å². The minimum atomic E-state index is -0.191. The van der Waals surface area contributed by atoms with Gasteiger partial charge in [-0.3, -0.25) is 9.59 Å². The molecule has 1 saturated heterocycles. The van der Waals surface area contributed by atoms with E-state index in [0.29, 0.717) is 12.3 Å². The molecule has 2 amide bonds. The van der Waals surface area contributed by atoms with Gasteiger partial charge < -0.3 is 10.6 Å². The molecule has 3 unspecified atom stereocenters. The number of carbonyl (C=O) groups excluding carboxylic acids is 2. The number of anilines is 1. The maximum absolute atomic E-state index is 12.6. The van der Waals surface area contributed by atoms with Crippen LogP contribution in [0.2, 0.25) is 0 Å². The lowest BCUT2D eigenvalue weighted by Gasteiger charge is -2.40. The van der Waals surface area contributed by atoms with E-state index in [1.54, 1.807) is 0 Å². The van der Waals surface area contributed by atoms with Gasteiger partial charge in [-0.2, -0.15) is 0 Å². The van der Waals surface area contributed by atoms with Gasteiger partial charge in [-0.25, -0.2) is 0 Å². The number of amides is 2. The minimum Gasteiger partial charge on any atom is -0.353 e. The Balaban J connectivity index is 1.76. The van der Waals surface area contributed by atoms with Gasteiger partial charge in [0.1, 0.15) is 0 Å². The van der Waals surface area contributed by atoms with Gasteiger partial charge in [0.2, 0.25) is 11.8 Å². The molecule has 1 saturated carbocycles. The molecule has 4 heteroatoms. The summed E-state index contributed by atoms with van der Waals surface area (Å²) in [6.45, 7) is 1.98. The monoisotopic (exact) mass is 286 g/mol. The summed E-state index contributed by atoms with van der Waals surface area (Å²) in [5.74, 6) is 0.114. The number of nitrogens with one attached hydrogen (secondary N) is 2. The van der Waals surface area contributed by atoms with E-state index in [2.05, 4.69) is 10.6 Å². The zero-order chi connectivity index (χ0) is 14.8. The van der Waals surface area contributed by atoms with E-state index in [0.717, 1.165) is 36.9 Å². The second kappa shape index (κ2) is 5.88. The van der Waals surface area contributed by atoms with Crippen LogP contribution >= 0.6 is 0 Å². The second-order valence-corrected chi connectivity index (χ2v) is 6.24. The van der Waals surface area contributed by atoms with Crippen LogP contribution in [0.3, 0.4) is 0 Å². The lowest BCUT2D eigenvalue weighted by Crippen LogP contribution is -2.53. The zero-order valence-corrected chi connectivity index (χ0v) is 12.4. The largest absolute Gasteiger partial charge is 0.353 e. The molecule has 0 aromatic heterocycles. The van der Waals surface area contributed by atoms with E-state index in [9.17, 15) is 9.59 Å². The van der Waals surface area contributed by atoms with Crippen molar-refractivity contribution in [3.8, 4) is 0 Å². The molecule has 0 bridgehead atoms. The third-order valence-electron chi connectivity index (χ3n) is 4.83. The van der Waals surface area contributed by atoms with Gasteiger partial charge in [-0.1, -0.05) is 31.0 Å². The highest BCUT2D eigenvalue weighted by molar-refractivity contribution is 5.96. The van der Waals surface area contributed by atoms with Gasteiger partial charge in [0.15, 0.2) is 0 Å². The molecular weight excluding hydrogens is 264 g/mol. The number of para-hydroxylation sites is 1. The number of benzene rings is 1. The van der Waals surface area contributed by atoms with Crippen molar-refractivity contribution < 1.29 is 9.59 Å².